The number of esters is 1. The highest BCUT2D eigenvalue weighted by atomic mass is 32.1. The van der Waals surface area contributed by atoms with Gasteiger partial charge in [-0.15, -0.1) is 0 Å². The summed E-state index contributed by atoms with van der Waals surface area (Å²) in [6, 6.07) is 2.49. The summed E-state index contributed by atoms with van der Waals surface area (Å²) in [6.07, 6.45) is 0. The number of hydrogen-bond acceptors (Lipinski definition) is 3. The molecule has 0 saturated carbocycles. The van der Waals surface area contributed by atoms with E-state index in [2.05, 4.69) is 10.6 Å². The Hall–Kier alpha value is -2.02. The molecule has 0 aliphatic carbocycles. The highest BCUT2D eigenvalue weighted by Crippen LogP contribution is 2.31. The predicted octanol–water partition coefficient (Wildman–Crippen LogP) is 2.32. The fourth-order valence-corrected chi connectivity index (χ4v) is 2.45. The summed E-state index contributed by atoms with van der Waals surface area (Å²) < 4.78 is 32.9. The van der Waals surface area contributed by atoms with Crippen LogP contribution in [0.2, 0.25) is 0 Å². The van der Waals surface area contributed by atoms with E-state index in [9.17, 15) is 13.6 Å². The van der Waals surface area contributed by atoms with Crippen LogP contribution in [0.5, 0.6) is 0 Å². The minimum absolute atomic E-state index is 0.106. The molecule has 1 atom stereocenters. The standard InChI is InChI=1S/C14H14F2N2O2S/c1-3-20-13(19)10-7(2)17-14(21)18-12(10)11-8(15)5-4-6-9(11)16/h4-6,12H,3H2,1-2H3,(H2,17,18,21). The van der Waals surface area contributed by atoms with Crippen molar-refractivity contribution in [3.8, 4) is 0 Å². The minimum Gasteiger partial charge on any atom is -0.463 e. The van der Waals surface area contributed by atoms with Crippen molar-refractivity contribution >= 4 is 23.3 Å². The Morgan fingerprint density at radius 2 is 2.00 bits per heavy atom. The van der Waals surface area contributed by atoms with Gasteiger partial charge in [-0.05, 0) is 38.2 Å². The zero-order valence-electron chi connectivity index (χ0n) is 11.5. The van der Waals surface area contributed by atoms with E-state index in [-0.39, 0.29) is 22.9 Å². The third-order valence-electron chi connectivity index (χ3n) is 3.05. The predicted molar refractivity (Wildman–Crippen MR) is 77.3 cm³/mol. The molecule has 4 nitrogen and oxygen atoms in total. The lowest BCUT2D eigenvalue weighted by molar-refractivity contribution is -0.139. The molecule has 1 aromatic rings. The van der Waals surface area contributed by atoms with Gasteiger partial charge in [0, 0.05) is 5.70 Å². The van der Waals surface area contributed by atoms with Crippen LogP contribution in [0.3, 0.4) is 0 Å². The molecule has 2 rings (SSSR count). The normalized spacial score (nSPS) is 18.1. The van der Waals surface area contributed by atoms with Gasteiger partial charge in [-0.2, -0.15) is 0 Å². The number of thiocarbonyl (C=S) groups is 1. The quantitative estimate of drug-likeness (QED) is 0.663. The first kappa shape index (κ1) is 15.4. The van der Waals surface area contributed by atoms with Crippen molar-refractivity contribution in [2.45, 2.75) is 19.9 Å². The summed E-state index contributed by atoms with van der Waals surface area (Å²) in [7, 11) is 0. The van der Waals surface area contributed by atoms with Crippen LogP contribution in [0.25, 0.3) is 0 Å². The molecule has 7 heteroatoms. The van der Waals surface area contributed by atoms with Crippen molar-refractivity contribution in [3.05, 3.63) is 46.7 Å². The Bertz CT molecular complexity index is 611. The molecule has 0 aromatic heterocycles. The van der Waals surface area contributed by atoms with Gasteiger partial charge in [0.05, 0.1) is 23.8 Å². The Labute approximate surface area is 126 Å². The van der Waals surface area contributed by atoms with Gasteiger partial charge in [-0.25, -0.2) is 13.6 Å². The number of carbonyl (C=O) groups excluding carboxylic acids is 1. The molecular formula is C14H14F2N2O2S. The molecule has 112 valence electrons. The first-order chi connectivity index (χ1) is 9.95. The number of benzene rings is 1. The molecule has 0 spiro atoms. The lowest BCUT2D eigenvalue weighted by Gasteiger charge is -2.30. The van der Waals surface area contributed by atoms with Crippen molar-refractivity contribution in [1.29, 1.82) is 0 Å². The molecule has 0 bridgehead atoms. The van der Waals surface area contributed by atoms with Crippen LogP contribution >= 0.6 is 12.2 Å². The number of nitrogens with one attached hydrogen (secondary N) is 2. The molecule has 0 saturated heterocycles. The van der Waals surface area contributed by atoms with Gasteiger partial charge < -0.3 is 15.4 Å². The fourth-order valence-electron chi connectivity index (χ4n) is 2.18. The maximum atomic E-state index is 14.0. The van der Waals surface area contributed by atoms with Crippen LogP contribution < -0.4 is 10.6 Å². The number of hydrogen-bond donors (Lipinski definition) is 2. The second kappa shape index (κ2) is 6.17. The first-order valence-corrected chi connectivity index (χ1v) is 6.75. The molecule has 2 N–H and O–H groups in total. The molecule has 21 heavy (non-hydrogen) atoms. The zero-order valence-corrected chi connectivity index (χ0v) is 12.3. The number of rotatable bonds is 3. The van der Waals surface area contributed by atoms with Gasteiger partial charge in [0.1, 0.15) is 11.6 Å². The topological polar surface area (TPSA) is 50.4 Å². The average Bonchev–Trinajstić information content (AvgIpc) is 2.37. The van der Waals surface area contributed by atoms with E-state index < -0.39 is 23.6 Å². The van der Waals surface area contributed by atoms with Crippen molar-refractivity contribution in [2.24, 2.45) is 0 Å². The second-order valence-electron chi connectivity index (χ2n) is 4.43. The minimum atomic E-state index is -1.03. The Morgan fingerprint density at radius 3 is 2.57 bits per heavy atom. The number of halogens is 2. The maximum absolute atomic E-state index is 14.0. The van der Waals surface area contributed by atoms with E-state index in [0.29, 0.717) is 5.70 Å². The maximum Gasteiger partial charge on any atom is 0.338 e. The van der Waals surface area contributed by atoms with Gasteiger partial charge in [-0.1, -0.05) is 6.07 Å². The van der Waals surface area contributed by atoms with Gasteiger partial charge >= 0.3 is 5.97 Å². The highest BCUT2D eigenvalue weighted by Gasteiger charge is 2.34. The fraction of sp³-hybridized carbons (Fsp3) is 0.286. The molecule has 1 aliphatic rings. The average molecular weight is 312 g/mol. The summed E-state index contributed by atoms with van der Waals surface area (Å²) in [5, 5.41) is 5.67. The first-order valence-electron chi connectivity index (χ1n) is 6.35. The molecule has 1 aliphatic heterocycles. The van der Waals surface area contributed by atoms with E-state index in [0.717, 1.165) is 12.1 Å². The lowest BCUT2D eigenvalue weighted by atomic mass is 9.95. The summed E-state index contributed by atoms with van der Waals surface area (Å²) >= 11 is 5.00. The third-order valence-corrected chi connectivity index (χ3v) is 3.27. The van der Waals surface area contributed by atoms with E-state index >= 15 is 0 Å². The van der Waals surface area contributed by atoms with E-state index in [1.54, 1.807) is 13.8 Å². The molecular weight excluding hydrogens is 298 g/mol. The Balaban J connectivity index is 2.55. The number of allylic oxidation sites excluding steroid dienone is 1. The van der Waals surface area contributed by atoms with E-state index in [4.69, 9.17) is 17.0 Å². The van der Waals surface area contributed by atoms with Gasteiger partial charge in [0.2, 0.25) is 0 Å². The summed E-state index contributed by atoms with van der Waals surface area (Å²) in [4.78, 5) is 12.1. The third kappa shape index (κ3) is 3.02. The second-order valence-corrected chi connectivity index (χ2v) is 4.83. The smallest absolute Gasteiger partial charge is 0.338 e. The molecule has 1 heterocycles. The molecule has 0 radical (unpaired) electrons. The number of ether oxygens (including phenoxy) is 1. The van der Waals surface area contributed by atoms with Crippen molar-refractivity contribution in [2.75, 3.05) is 6.61 Å². The zero-order chi connectivity index (χ0) is 15.6. The van der Waals surface area contributed by atoms with E-state index in [1.165, 1.54) is 6.07 Å². The monoisotopic (exact) mass is 312 g/mol. The highest BCUT2D eigenvalue weighted by molar-refractivity contribution is 7.80. The lowest BCUT2D eigenvalue weighted by Crippen LogP contribution is -2.45. The van der Waals surface area contributed by atoms with Crippen molar-refractivity contribution < 1.29 is 18.3 Å². The van der Waals surface area contributed by atoms with Gasteiger partial charge in [0.25, 0.3) is 0 Å². The van der Waals surface area contributed by atoms with Crippen LogP contribution in [-0.2, 0) is 9.53 Å². The number of carbonyl (C=O) groups is 1. The van der Waals surface area contributed by atoms with Crippen LogP contribution in [-0.4, -0.2) is 17.7 Å². The van der Waals surface area contributed by atoms with Crippen molar-refractivity contribution in [1.82, 2.24) is 10.6 Å². The Kier molecular flexibility index (Phi) is 4.52. The van der Waals surface area contributed by atoms with Gasteiger partial charge in [-0.3, -0.25) is 0 Å². The van der Waals surface area contributed by atoms with E-state index in [1.807, 2.05) is 0 Å². The molecule has 1 aromatic carbocycles. The summed E-state index contributed by atoms with van der Waals surface area (Å²) in [5.74, 6) is -2.16. The van der Waals surface area contributed by atoms with Crippen LogP contribution in [0.4, 0.5) is 8.78 Å². The molecule has 1 unspecified atom stereocenters. The van der Waals surface area contributed by atoms with Gasteiger partial charge in [0.15, 0.2) is 5.11 Å². The van der Waals surface area contributed by atoms with Crippen LogP contribution in [0, 0.1) is 11.6 Å². The van der Waals surface area contributed by atoms with Crippen LogP contribution in [0.1, 0.15) is 25.5 Å². The van der Waals surface area contributed by atoms with Crippen LogP contribution in [0.15, 0.2) is 29.5 Å². The largest absolute Gasteiger partial charge is 0.463 e. The summed E-state index contributed by atoms with van der Waals surface area (Å²) in [5.41, 5.74) is 0.253. The van der Waals surface area contributed by atoms with Crippen molar-refractivity contribution in [3.63, 3.8) is 0 Å². The Morgan fingerprint density at radius 1 is 1.38 bits per heavy atom. The SMILES string of the molecule is CCOC(=O)C1=C(C)NC(=S)NC1c1c(F)cccc1F. The summed E-state index contributed by atoms with van der Waals surface area (Å²) in [6.45, 7) is 3.42. The molecule has 0 amide bonds. The molecule has 0 fully saturated rings.